The Morgan fingerprint density at radius 3 is 2.80 bits per heavy atom. The summed E-state index contributed by atoms with van der Waals surface area (Å²) in [6.07, 6.45) is 3.30. The molecule has 2 aromatic heterocycles. The van der Waals surface area contributed by atoms with Crippen LogP contribution < -0.4 is 11.1 Å². The highest BCUT2D eigenvalue weighted by Gasteiger charge is 2.03. The number of amides is 1. The SMILES string of the molecule is NC(=O)c1ccnc(Nc2ccc3ncccc3c2)c1. The molecule has 5 nitrogen and oxygen atoms in total. The van der Waals surface area contributed by atoms with Crippen LogP contribution in [0.4, 0.5) is 11.5 Å². The Labute approximate surface area is 115 Å². The second-order valence-corrected chi connectivity index (χ2v) is 4.33. The van der Waals surface area contributed by atoms with Gasteiger partial charge < -0.3 is 11.1 Å². The van der Waals surface area contributed by atoms with E-state index in [9.17, 15) is 4.79 Å². The van der Waals surface area contributed by atoms with Crippen LogP contribution in [-0.4, -0.2) is 15.9 Å². The molecule has 0 saturated carbocycles. The third-order valence-corrected chi connectivity index (χ3v) is 2.92. The lowest BCUT2D eigenvalue weighted by atomic mass is 10.2. The van der Waals surface area contributed by atoms with Crippen LogP contribution in [0.3, 0.4) is 0 Å². The number of hydrogen-bond acceptors (Lipinski definition) is 4. The molecule has 20 heavy (non-hydrogen) atoms. The minimum atomic E-state index is -0.474. The molecule has 0 unspecified atom stereocenters. The van der Waals surface area contributed by atoms with Crippen LogP contribution >= 0.6 is 0 Å². The van der Waals surface area contributed by atoms with Gasteiger partial charge in [-0.3, -0.25) is 9.78 Å². The number of aromatic nitrogens is 2. The second-order valence-electron chi connectivity index (χ2n) is 4.33. The Bertz CT molecular complexity index is 785. The molecule has 3 N–H and O–H groups in total. The highest BCUT2D eigenvalue weighted by Crippen LogP contribution is 2.20. The third-order valence-electron chi connectivity index (χ3n) is 2.92. The number of nitrogens with one attached hydrogen (secondary N) is 1. The number of anilines is 2. The van der Waals surface area contributed by atoms with E-state index >= 15 is 0 Å². The second kappa shape index (κ2) is 4.97. The van der Waals surface area contributed by atoms with Gasteiger partial charge in [-0.25, -0.2) is 4.98 Å². The highest BCUT2D eigenvalue weighted by atomic mass is 16.1. The molecule has 2 heterocycles. The third kappa shape index (κ3) is 2.42. The van der Waals surface area contributed by atoms with Crippen molar-refractivity contribution in [1.29, 1.82) is 0 Å². The molecule has 0 saturated heterocycles. The molecule has 5 heteroatoms. The van der Waals surface area contributed by atoms with Crippen molar-refractivity contribution in [2.75, 3.05) is 5.32 Å². The standard InChI is InChI=1S/C15H12N4O/c16-15(20)11-5-7-18-14(9-11)19-12-3-4-13-10(8-12)2-1-6-17-13/h1-9H,(H2,16,20)(H,18,19). The van der Waals surface area contributed by atoms with E-state index in [-0.39, 0.29) is 0 Å². The van der Waals surface area contributed by atoms with Crippen molar-refractivity contribution in [3.63, 3.8) is 0 Å². The van der Waals surface area contributed by atoms with Crippen LogP contribution in [0, 0.1) is 0 Å². The van der Waals surface area contributed by atoms with Gasteiger partial charge in [-0.1, -0.05) is 6.07 Å². The Morgan fingerprint density at radius 1 is 1.05 bits per heavy atom. The Hall–Kier alpha value is -2.95. The fourth-order valence-electron chi connectivity index (χ4n) is 1.95. The number of rotatable bonds is 3. The van der Waals surface area contributed by atoms with Gasteiger partial charge in [-0.15, -0.1) is 0 Å². The van der Waals surface area contributed by atoms with E-state index in [1.54, 1.807) is 24.5 Å². The maximum Gasteiger partial charge on any atom is 0.248 e. The van der Waals surface area contributed by atoms with Crippen LogP contribution in [0.25, 0.3) is 10.9 Å². The fraction of sp³-hybridized carbons (Fsp3) is 0. The van der Waals surface area contributed by atoms with Crippen molar-refractivity contribution in [2.24, 2.45) is 5.73 Å². The number of nitrogens with two attached hydrogens (primary N) is 1. The summed E-state index contributed by atoms with van der Waals surface area (Å²) < 4.78 is 0. The van der Waals surface area contributed by atoms with E-state index in [2.05, 4.69) is 15.3 Å². The van der Waals surface area contributed by atoms with Crippen molar-refractivity contribution in [3.8, 4) is 0 Å². The maximum absolute atomic E-state index is 11.1. The predicted octanol–water partition coefficient (Wildman–Crippen LogP) is 2.47. The van der Waals surface area contributed by atoms with Gasteiger partial charge in [0.1, 0.15) is 5.82 Å². The number of fused-ring (bicyclic) bond motifs is 1. The molecule has 0 radical (unpaired) electrons. The van der Waals surface area contributed by atoms with E-state index < -0.39 is 5.91 Å². The minimum Gasteiger partial charge on any atom is -0.366 e. The molecule has 0 spiro atoms. The number of carbonyl (C=O) groups excluding carboxylic acids is 1. The molecule has 0 bridgehead atoms. The summed E-state index contributed by atoms with van der Waals surface area (Å²) in [5, 5.41) is 4.18. The quantitative estimate of drug-likeness (QED) is 0.761. The first-order valence-electron chi connectivity index (χ1n) is 6.10. The van der Waals surface area contributed by atoms with Gasteiger partial charge >= 0.3 is 0 Å². The van der Waals surface area contributed by atoms with Gasteiger partial charge in [0.25, 0.3) is 0 Å². The first-order chi connectivity index (χ1) is 9.72. The van der Waals surface area contributed by atoms with Crippen molar-refractivity contribution in [3.05, 3.63) is 60.4 Å². The van der Waals surface area contributed by atoms with Crippen LogP contribution in [0.1, 0.15) is 10.4 Å². The van der Waals surface area contributed by atoms with Crippen molar-refractivity contribution < 1.29 is 4.79 Å². The van der Waals surface area contributed by atoms with Crippen molar-refractivity contribution in [1.82, 2.24) is 9.97 Å². The van der Waals surface area contributed by atoms with Crippen molar-refractivity contribution >= 4 is 28.3 Å². The van der Waals surface area contributed by atoms with Gasteiger partial charge in [0.15, 0.2) is 0 Å². The zero-order valence-corrected chi connectivity index (χ0v) is 10.6. The van der Waals surface area contributed by atoms with Gasteiger partial charge in [0, 0.05) is 29.0 Å². The zero-order chi connectivity index (χ0) is 13.9. The summed E-state index contributed by atoms with van der Waals surface area (Å²) in [7, 11) is 0. The van der Waals surface area contributed by atoms with Crippen LogP contribution in [-0.2, 0) is 0 Å². The fourth-order valence-corrected chi connectivity index (χ4v) is 1.95. The van der Waals surface area contributed by atoms with Crippen molar-refractivity contribution in [2.45, 2.75) is 0 Å². The summed E-state index contributed by atoms with van der Waals surface area (Å²) in [6, 6.07) is 12.9. The lowest BCUT2D eigenvalue weighted by Crippen LogP contribution is -2.11. The number of carbonyl (C=O) groups is 1. The van der Waals surface area contributed by atoms with Gasteiger partial charge in [-0.2, -0.15) is 0 Å². The molecular formula is C15H12N4O. The number of primary amides is 1. The summed E-state index contributed by atoms with van der Waals surface area (Å²) >= 11 is 0. The maximum atomic E-state index is 11.1. The van der Waals surface area contributed by atoms with Gasteiger partial charge in [0.05, 0.1) is 5.52 Å². The summed E-state index contributed by atoms with van der Waals surface area (Å²) in [4.78, 5) is 19.6. The molecule has 0 fully saturated rings. The predicted molar refractivity (Wildman–Crippen MR) is 77.8 cm³/mol. The number of benzene rings is 1. The van der Waals surface area contributed by atoms with E-state index in [1.807, 2.05) is 30.3 Å². The Kier molecular flexibility index (Phi) is 3.01. The first-order valence-corrected chi connectivity index (χ1v) is 6.10. The monoisotopic (exact) mass is 264 g/mol. The normalized spacial score (nSPS) is 10.4. The Balaban J connectivity index is 1.92. The molecule has 98 valence electrons. The average Bonchev–Trinajstić information content (AvgIpc) is 2.47. The zero-order valence-electron chi connectivity index (χ0n) is 10.6. The van der Waals surface area contributed by atoms with E-state index in [1.165, 1.54) is 0 Å². The summed E-state index contributed by atoms with van der Waals surface area (Å²) in [5.74, 6) is 0.0997. The molecule has 0 atom stereocenters. The van der Waals surface area contributed by atoms with Gasteiger partial charge in [0.2, 0.25) is 5.91 Å². The average molecular weight is 264 g/mol. The molecule has 0 aliphatic rings. The highest BCUT2D eigenvalue weighted by molar-refractivity contribution is 5.93. The van der Waals surface area contributed by atoms with Crippen LogP contribution in [0.5, 0.6) is 0 Å². The topological polar surface area (TPSA) is 80.9 Å². The van der Waals surface area contributed by atoms with E-state index in [4.69, 9.17) is 5.73 Å². The number of pyridine rings is 2. The Morgan fingerprint density at radius 2 is 1.95 bits per heavy atom. The first kappa shape index (κ1) is 12.1. The summed E-state index contributed by atoms with van der Waals surface area (Å²) in [5.41, 5.74) is 7.47. The van der Waals surface area contributed by atoms with E-state index in [0.29, 0.717) is 11.4 Å². The van der Waals surface area contributed by atoms with Crippen LogP contribution in [0.15, 0.2) is 54.9 Å². The van der Waals surface area contributed by atoms with Crippen LogP contribution in [0.2, 0.25) is 0 Å². The summed E-state index contributed by atoms with van der Waals surface area (Å²) in [6.45, 7) is 0. The lowest BCUT2D eigenvalue weighted by Gasteiger charge is -2.07. The minimum absolute atomic E-state index is 0.421. The number of nitrogens with zero attached hydrogens (tertiary/aromatic N) is 2. The molecule has 3 rings (SSSR count). The molecule has 1 amide bonds. The largest absolute Gasteiger partial charge is 0.366 e. The molecule has 0 aliphatic carbocycles. The number of hydrogen-bond donors (Lipinski definition) is 2. The molecule has 1 aromatic carbocycles. The molecule has 3 aromatic rings. The lowest BCUT2D eigenvalue weighted by molar-refractivity contribution is 0.1000. The van der Waals surface area contributed by atoms with Gasteiger partial charge in [-0.05, 0) is 36.4 Å². The molecule has 0 aliphatic heterocycles. The molecular weight excluding hydrogens is 252 g/mol. The van der Waals surface area contributed by atoms with E-state index in [0.717, 1.165) is 16.6 Å². The smallest absolute Gasteiger partial charge is 0.248 e.